The Kier molecular flexibility index (Phi) is 6.16. The molecule has 0 aromatic heterocycles. The van der Waals surface area contributed by atoms with Crippen molar-refractivity contribution in [2.75, 3.05) is 25.0 Å². The highest BCUT2D eigenvalue weighted by Gasteiger charge is 2.38. The fraction of sp³-hybridized carbons (Fsp3) is 0.636. The molecule has 0 spiro atoms. The van der Waals surface area contributed by atoms with Crippen LogP contribution in [0.15, 0.2) is 23.1 Å². The van der Waals surface area contributed by atoms with Crippen molar-refractivity contribution < 1.29 is 18.0 Å². The molecule has 3 fully saturated rings. The zero-order chi connectivity index (χ0) is 21.3. The maximum absolute atomic E-state index is 13.0. The molecule has 4 rings (SSSR count). The Labute approximate surface area is 178 Å². The minimum atomic E-state index is -3.57. The second-order valence-corrected chi connectivity index (χ2v) is 10.8. The molecule has 1 saturated carbocycles. The summed E-state index contributed by atoms with van der Waals surface area (Å²) in [6, 6.07) is 5.17. The fourth-order valence-electron chi connectivity index (χ4n) is 4.86. The van der Waals surface area contributed by atoms with Crippen LogP contribution in [0, 0.1) is 12.8 Å². The fourth-order valence-corrected chi connectivity index (χ4v) is 6.41. The second-order valence-electron chi connectivity index (χ2n) is 8.82. The number of carbonyl (C=O) groups excluding carboxylic acids is 2. The van der Waals surface area contributed by atoms with E-state index in [0.717, 1.165) is 50.5 Å². The minimum absolute atomic E-state index is 0.0557. The smallest absolute Gasteiger partial charge is 0.243 e. The SMILES string of the molecule is Cc1ccc(S(=O)(=O)N2CCCCC2)cc1NC(=O)[C@@H]1CC(=O)N(C2CCCC2)C1. The Morgan fingerprint density at radius 3 is 2.47 bits per heavy atom. The normalized spacial score (nSPS) is 23.8. The molecule has 2 aliphatic heterocycles. The quantitative estimate of drug-likeness (QED) is 0.774. The summed E-state index contributed by atoms with van der Waals surface area (Å²) in [5, 5.41) is 2.90. The summed E-state index contributed by atoms with van der Waals surface area (Å²) < 4.78 is 27.5. The molecule has 3 aliphatic rings. The van der Waals surface area contributed by atoms with Crippen LogP contribution in [0.1, 0.15) is 56.9 Å². The molecule has 164 valence electrons. The number of anilines is 1. The molecule has 2 saturated heterocycles. The van der Waals surface area contributed by atoms with Crippen LogP contribution in [-0.4, -0.2) is 55.1 Å². The van der Waals surface area contributed by atoms with Gasteiger partial charge in [-0.15, -0.1) is 0 Å². The van der Waals surface area contributed by atoms with Crippen LogP contribution >= 0.6 is 0 Å². The molecule has 30 heavy (non-hydrogen) atoms. The van der Waals surface area contributed by atoms with Gasteiger partial charge in [0.2, 0.25) is 21.8 Å². The number of nitrogens with zero attached hydrogens (tertiary/aromatic N) is 2. The maximum atomic E-state index is 13.0. The standard InChI is InChI=1S/C22H31N3O4S/c1-16-9-10-19(30(28,29)24-11-5-2-6-12-24)14-20(16)23-22(27)17-13-21(26)25(15-17)18-7-3-4-8-18/h9-10,14,17-18H,2-8,11-13,15H2,1H3,(H,23,27)/t17-/m1/s1. The van der Waals surface area contributed by atoms with E-state index >= 15 is 0 Å². The van der Waals surface area contributed by atoms with Gasteiger partial charge < -0.3 is 10.2 Å². The van der Waals surface area contributed by atoms with Gasteiger partial charge in [0, 0.05) is 37.8 Å². The predicted octanol–water partition coefficient (Wildman–Crippen LogP) is 2.90. The summed E-state index contributed by atoms with van der Waals surface area (Å²) >= 11 is 0. The van der Waals surface area contributed by atoms with Crippen molar-refractivity contribution in [1.29, 1.82) is 0 Å². The summed E-state index contributed by atoms with van der Waals surface area (Å²) in [6.45, 7) is 3.38. The van der Waals surface area contributed by atoms with Crippen molar-refractivity contribution in [3.8, 4) is 0 Å². The number of rotatable bonds is 5. The van der Waals surface area contributed by atoms with Gasteiger partial charge in [-0.25, -0.2) is 8.42 Å². The van der Waals surface area contributed by atoms with Gasteiger partial charge in [-0.05, 0) is 50.3 Å². The number of nitrogens with one attached hydrogen (secondary N) is 1. The van der Waals surface area contributed by atoms with Crippen LogP contribution in [0.4, 0.5) is 5.69 Å². The van der Waals surface area contributed by atoms with Crippen molar-refractivity contribution in [2.24, 2.45) is 5.92 Å². The summed E-state index contributed by atoms with van der Waals surface area (Å²) in [6.07, 6.45) is 7.37. The first kappa shape index (κ1) is 21.3. The summed E-state index contributed by atoms with van der Waals surface area (Å²) in [5.74, 6) is -0.542. The van der Waals surface area contributed by atoms with Crippen LogP contribution in [0.3, 0.4) is 0 Å². The van der Waals surface area contributed by atoms with E-state index in [1.165, 1.54) is 4.31 Å². The lowest BCUT2D eigenvalue weighted by Crippen LogP contribution is -2.36. The van der Waals surface area contributed by atoms with Gasteiger partial charge >= 0.3 is 0 Å². The highest BCUT2D eigenvalue weighted by atomic mass is 32.2. The molecule has 1 N–H and O–H groups in total. The molecular weight excluding hydrogens is 402 g/mol. The number of hydrogen-bond acceptors (Lipinski definition) is 4. The van der Waals surface area contributed by atoms with E-state index in [9.17, 15) is 18.0 Å². The Balaban J connectivity index is 1.47. The van der Waals surface area contributed by atoms with Crippen molar-refractivity contribution in [3.63, 3.8) is 0 Å². The van der Waals surface area contributed by atoms with Gasteiger partial charge in [0.1, 0.15) is 0 Å². The van der Waals surface area contributed by atoms with Crippen molar-refractivity contribution >= 4 is 27.5 Å². The maximum Gasteiger partial charge on any atom is 0.243 e. The third-order valence-corrected chi connectivity index (χ3v) is 8.61. The molecule has 0 bridgehead atoms. The Bertz CT molecular complexity index is 918. The van der Waals surface area contributed by atoms with Gasteiger partial charge in [-0.3, -0.25) is 9.59 Å². The molecule has 1 aromatic carbocycles. The molecule has 2 amide bonds. The monoisotopic (exact) mass is 433 g/mol. The first-order chi connectivity index (χ1) is 14.4. The van der Waals surface area contributed by atoms with Gasteiger partial charge in [0.25, 0.3) is 0 Å². The topological polar surface area (TPSA) is 86.8 Å². The van der Waals surface area contributed by atoms with E-state index in [1.54, 1.807) is 18.2 Å². The number of hydrogen-bond donors (Lipinski definition) is 1. The highest BCUT2D eigenvalue weighted by Crippen LogP contribution is 2.31. The van der Waals surface area contributed by atoms with Crippen LogP contribution in [-0.2, 0) is 19.6 Å². The average molecular weight is 434 g/mol. The summed E-state index contributed by atoms with van der Waals surface area (Å²) in [4.78, 5) is 27.4. The number of aryl methyl sites for hydroxylation is 1. The minimum Gasteiger partial charge on any atom is -0.339 e. The first-order valence-corrected chi connectivity index (χ1v) is 12.5. The van der Waals surface area contributed by atoms with Crippen molar-refractivity contribution in [1.82, 2.24) is 9.21 Å². The van der Waals surface area contributed by atoms with E-state index in [-0.39, 0.29) is 35.1 Å². The third-order valence-electron chi connectivity index (χ3n) is 6.71. The lowest BCUT2D eigenvalue weighted by molar-refractivity contribution is -0.129. The molecule has 8 heteroatoms. The highest BCUT2D eigenvalue weighted by molar-refractivity contribution is 7.89. The Morgan fingerprint density at radius 2 is 1.77 bits per heavy atom. The van der Waals surface area contributed by atoms with Crippen molar-refractivity contribution in [3.05, 3.63) is 23.8 Å². The Morgan fingerprint density at radius 1 is 1.07 bits per heavy atom. The lowest BCUT2D eigenvalue weighted by atomic mass is 10.1. The molecule has 1 aliphatic carbocycles. The third kappa shape index (κ3) is 4.25. The predicted molar refractivity (Wildman–Crippen MR) is 114 cm³/mol. The van der Waals surface area contributed by atoms with E-state index in [4.69, 9.17) is 0 Å². The number of piperidine rings is 1. The van der Waals surface area contributed by atoms with Gasteiger partial charge in [0.05, 0.1) is 10.8 Å². The van der Waals surface area contributed by atoms with E-state index in [2.05, 4.69) is 5.32 Å². The molecule has 7 nitrogen and oxygen atoms in total. The van der Waals surface area contributed by atoms with E-state index in [1.807, 2.05) is 11.8 Å². The average Bonchev–Trinajstić information content (AvgIpc) is 3.39. The number of likely N-dealkylation sites (tertiary alicyclic amines) is 1. The Hall–Kier alpha value is -1.93. The molecular formula is C22H31N3O4S. The van der Waals surface area contributed by atoms with Crippen LogP contribution < -0.4 is 5.32 Å². The number of sulfonamides is 1. The van der Waals surface area contributed by atoms with Crippen LogP contribution in [0.2, 0.25) is 0 Å². The largest absolute Gasteiger partial charge is 0.339 e. The molecule has 1 atom stereocenters. The first-order valence-electron chi connectivity index (χ1n) is 11.1. The summed E-state index contributed by atoms with van der Waals surface area (Å²) in [7, 11) is -3.57. The van der Waals surface area contributed by atoms with Crippen LogP contribution in [0.5, 0.6) is 0 Å². The molecule has 1 aromatic rings. The zero-order valence-electron chi connectivity index (χ0n) is 17.6. The van der Waals surface area contributed by atoms with Gasteiger partial charge in [-0.2, -0.15) is 4.31 Å². The molecule has 0 radical (unpaired) electrons. The van der Waals surface area contributed by atoms with Gasteiger partial charge in [0.15, 0.2) is 0 Å². The number of amides is 2. The number of benzene rings is 1. The van der Waals surface area contributed by atoms with E-state index < -0.39 is 10.0 Å². The summed E-state index contributed by atoms with van der Waals surface area (Å²) in [5.41, 5.74) is 1.31. The van der Waals surface area contributed by atoms with E-state index in [0.29, 0.717) is 25.3 Å². The van der Waals surface area contributed by atoms with Crippen LogP contribution in [0.25, 0.3) is 0 Å². The molecule has 2 heterocycles. The van der Waals surface area contributed by atoms with Crippen molar-refractivity contribution in [2.45, 2.75) is 69.2 Å². The van der Waals surface area contributed by atoms with Gasteiger partial charge in [-0.1, -0.05) is 25.3 Å². The second kappa shape index (κ2) is 8.67. The zero-order valence-corrected chi connectivity index (χ0v) is 18.4. The molecule has 0 unspecified atom stereocenters. The number of carbonyl (C=O) groups is 2. The lowest BCUT2D eigenvalue weighted by Gasteiger charge is -2.26.